The van der Waals surface area contributed by atoms with Gasteiger partial charge in [-0.15, -0.1) is 0 Å². The number of likely N-dealkylation sites (tertiary alicyclic amines) is 1. The second kappa shape index (κ2) is 9.70. The lowest BCUT2D eigenvalue weighted by atomic mass is 9.99. The molecule has 5 nitrogen and oxygen atoms in total. The lowest BCUT2D eigenvalue weighted by Crippen LogP contribution is -2.23. The third-order valence-electron chi connectivity index (χ3n) is 5.54. The first kappa shape index (κ1) is 21.1. The van der Waals surface area contributed by atoms with Gasteiger partial charge >= 0.3 is 5.97 Å². The molecule has 1 saturated heterocycles. The number of hydrogen-bond acceptors (Lipinski definition) is 4. The number of carboxylic acid groups (broad SMARTS) is 1. The Balaban J connectivity index is 1.63. The molecule has 3 rings (SSSR count). The minimum atomic E-state index is -0.684. The predicted octanol–water partition coefficient (Wildman–Crippen LogP) is 4.40. The molecular weight excluding hydrogens is 364 g/mol. The predicted molar refractivity (Wildman–Crippen MR) is 115 cm³/mol. The van der Waals surface area contributed by atoms with Gasteiger partial charge in [-0.1, -0.05) is 54.0 Å². The van der Waals surface area contributed by atoms with Crippen LogP contribution in [0.1, 0.15) is 48.1 Å². The highest BCUT2D eigenvalue weighted by molar-refractivity contribution is 5.98. The smallest absolute Gasteiger partial charge is 0.307 e. The Kier molecular flexibility index (Phi) is 7.04. The van der Waals surface area contributed by atoms with Gasteiger partial charge in [0.25, 0.3) is 0 Å². The molecule has 0 spiro atoms. The van der Waals surface area contributed by atoms with Gasteiger partial charge in [-0.05, 0) is 61.6 Å². The van der Waals surface area contributed by atoms with Crippen LogP contribution in [0.25, 0.3) is 0 Å². The van der Waals surface area contributed by atoms with E-state index in [2.05, 4.69) is 54.2 Å². The van der Waals surface area contributed by atoms with Gasteiger partial charge in [0.15, 0.2) is 0 Å². The summed E-state index contributed by atoms with van der Waals surface area (Å²) in [6, 6.07) is 14.6. The van der Waals surface area contributed by atoms with Gasteiger partial charge in [0, 0.05) is 13.1 Å². The molecule has 2 aromatic carbocycles. The summed E-state index contributed by atoms with van der Waals surface area (Å²) in [5, 5.41) is 13.5. The molecule has 5 heteroatoms. The highest BCUT2D eigenvalue weighted by Crippen LogP contribution is 2.22. The van der Waals surface area contributed by atoms with Crippen LogP contribution in [0.5, 0.6) is 0 Å². The van der Waals surface area contributed by atoms with Gasteiger partial charge in [0.2, 0.25) is 0 Å². The van der Waals surface area contributed by atoms with Crippen molar-refractivity contribution < 1.29 is 14.7 Å². The summed E-state index contributed by atoms with van der Waals surface area (Å²) < 4.78 is 0. The highest BCUT2D eigenvalue weighted by Gasteiger charge is 2.28. The van der Waals surface area contributed by atoms with Crippen molar-refractivity contribution in [1.29, 1.82) is 0 Å². The Bertz CT molecular complexity index is 891. The zero-order valence-electron chi connectivity index (χ0n) is 17.5. The van der Waals surface area contributed by atoms with Crippen LogP contribution in [0.15, 0.2) is 47.6 Å². The van der Waals surface area contributed by atoms with Gasteiger partial charge in [-0.2, -0.15) is 0 Å². The summed E-state index contributed by atoms with van der Waals surface area (Å²) in [6.07, 6.45) is 1.66. The monoisotopic (exact) mass is 394 g/mol. The summed E-state index contributed by atoms with van der Waals surface area (Å²) >= 11 is 0. The summed E-state index contributed by atoms with van der Waals surface area (Å²) in [7, 11) is 0. The fourth-order valence-electron chi connectivity index (χ4n) is 3.81. The van der Waals surface area contributed by atoms with Gasteiger partial charge in [0.1, 0.15) is 6.61 Å². The SMILES string of the molecule is CCc1cc(/C(C)=N/OCc2cccc(C)c2)ccc1CN1CC[C@H](C(=O)O)C1. The fourth-order valence-corrected chi connectivity index (χ4v) is 3.81. The van der Waals surface area contributed by atoms with Crippen LogP contribution < -0.4 is 0 Å². The molecule has 2 aromatic rings. The Morgan fingerprint density at radius 1 is 1.24 bits per heavy atom. The van der Waals surface area contributed by atoms with Crippen LogP contribution in [-0.4, -0.2) is 34.8 Å². The van der Waals surface area contributed by atoms with Crippen molar-refractivity contribution in [2.75, 3.05) is 13.1 Å². The second-order valence-corrected chi connectivity index (χ2v) is 7.84. The molecule has 0 unspecified atom stereocenters. The number of oxime groups is 1. The summed E-state index contributed by atoms with van der Waals surface area (Å²) in [5.74, 6) is -0.921. The standard InChI is InChI=1S/C24H30N2O3/c1-4-20-13-21(18(3)25-29-16-19-7-5-6-17(2)12-19)8-9-22(20)14-26-11-10-23(15-26)24(27)28/h5-9,12-13,23H,4,10-11,14-16H2,1-3H3,(H,27,28)/b25-18+/t23-/m0/s1. The maximum Gasteiger partial charge on any atom is 0.307 e. The van der Waals surface area contributed by atoms with E-state index >= 15 is 0 Å². The van der Waals surface area contributed by atoms with Gasteiger partial charge < -0.3 is 9.94 Å². The van der Waals surface area contributed by atoms with Crippen LogP contribution in [0.4, 0.5) is 0 Å². The van der Waals surface area contributed by atoms with E-state index in [1.807, 2.05) is 19.1 Å². The molecule has 1 aliphatic rings. The number of nitrogens with zero attached hydrogens (tertiary/aromatic N) is 2. The number of hydrogen-bond donors (Lipinski definition) is 1. The Morgan fingerprint density at radius 2 is 2.07 bits per heavy atom. The highest BCUT2D eigenvalue weighted by atomic mass is 16.6. The maximum atomic E-state index is 11.2. The topological polar surface area (TPSA) is 62.1 Å². The average molecular weight is 395 g/mol. The van der Waals surface area contributed by atoms with Crippen molar-refractivity contribution in [3.05, 3.63) is 70.3 Å². The molecule has 0 aliphatic carbocycles. The van der Waals surface area contributed by atoms with Crippen molar-refractivity contribution in [3.8, 4) is 0 Å². The third-order valence-corrected chi connectivity index (χ3v) is 5.54. The molecule has 154 valence electrons. The number of aryl methyl sites for hydroxylation is 2. The van der Waals surface area contributed by atoms with Crippen molar-refractivity contribution >= 4 is 11.7 Å². The molecule has 1 aliphatic heterocycles. The van der Waals surface area contributed by atoms with Crippen LogP contribution in [0, 0.1) is 12.8 Å². The summed E-state index contributed by atoms with van der Waals surface area (Å²) in [5.41, 5.74) is 6.76. The quantitative estimate of drug-likeness (QED) is 0.532. The fraction of sp³-hybridized carbons (Fsp3) is 0.417. The number of benzene rings is 2. The molecule has 0 bridgehead atoms. The summed E-state index contributed by atoms with van der Waals surface area (Å²) in [4.78, 5) is 19.0. The Hall–Kier alpha value is -2.66. The first-order valence-electron chi connectivity index (χ1n) is 10.3. The number of carboxylic acids is 1. The first-order chi connectivity index (χ1) is 14.0. The number of carbonyl (C=O) groups is 1. The zero-order valence-corrected chi connectivity index (χ0v) is 17.5. The van der Waals surface area contributed by atoms with Crippen molar-refractivity contribution in [2.45, 2.75) is 46.8 Å². The van der Waals surface area contributed by atoms with E-state index in [1.54, 1.807) is 0 Å². The molecular formula is C24H30N2O3. The normalized spacial score (nSPS) is 17.5. The molecule has 0 amide bonds. The van der Waals surface area contributed by atoms with E-state index in [9.17, 15) is 9.90 Å². The third kappa shape index (κ3) is 5.67. The molecule has 1 heterocycles. The first-order valence-corrected chi connectivity index (χ1v) is 10.3. The zero-order chi connectivity index (χ0) is 20.8. The summed E-state index contributed by atoms with van der Waals surface area (Å²) in [6.45, 7) is 8.90. The lowest BCUT2D eigenvalue weighted by molar-refractivity contribution is -0.141. The van der Waals surface area contributed by atoms with Crippen molar-refractivity contribution in [1.82, 2.24) is 4.90 Å². The molecule has 0 saturated carbocycles. The second-order valence-electron chi connectivity index (χ2n) is 7.84. The van der Waals surface area contributed by atoms with Crippen LogP contribution >= 0.6 is 0 Å². The molecule has 0 radical (unpaired) electrons. The molecule has 29 heavy (non-hydrogen) atoms. The molecule has 1 atom stereocenters. The number of rotatable bonds is 8. The van der Waals surface area contributed by atoms with Gasteiger partial charge in [-0.25, -0.2) is 0 Å². The van der Waals surface area contributed by atoms with Crippen LogP contribution in [0.2, 0.25) is 0 Å². The Morgan fingerprint density at radius 3 is 2.76 bits per heavy atom. The minimum absolute atomic E-state index is 0.237. The maximum absolute atomic E-state index is 11.2. The lowest BCUT2D eigenvalue weighted by Gasteiger charge is -2.18. The van der Waals surface area contributed by atoms with Gasteiger partial charge in [0.05, 0.1) is 11.6 Å². The van der Waals surface area contributed by atoms with E-state index in [1.165, 1.54) is 16.7 Å². The van der Waals surface area contributed by atoms with E-state index < -0.39 is 5.97 Å². The molecule has 0 aromatic heterocycles. The van der Waals surface area contributed by atoms with E-state index in [-0.39, 0.29) is 5.92 Å². The Labute approximate surface area is 173 Å². The van der Waals surface area contributed by atoms with Gasteiger partial charge in [-0.3, -0.25) is 9.69 Å². The molecule has 1 N–H and O–H groups in total. The van der Waals surface area contributed by atoms with E-state index in [4.69, 9.17) is 4.84 Å². The average Bonchev–Trinajstić information content (AvgIpc) is 3.17. The van der Waals surface area contributed by atoms with Crippen LogP contribution in [-0.2, 0) is 29.2 Å². The largest absolute Gasteiger partial charge is 0.481 e. The molecule has 1 fully saturated rings. The van der Waals surface area contributed by atoms with Crippen LogP contribution in [0.3, 0.4) is 0 Å². The van der Waals surface area contributed by atoms with Crippen molar-refractivity contribution in [3.63, 3.8) is 0 Å². The minimum Gasteiger partial charge on any atom is -0.481 e. The van der Waals surface area contributed by atoms with Crippen molar-refractivity contribution in [2.24, 2.45) is 11.1 Å². The number of aliphatic carboxylic acids is 1. The van der Waals surface area contributed by atoms with E-state index in [0.717, 1.165) is 42.8 Å². The van der Waals surface area contributed by atoms with E-state index in [0.29, 0.717) is 13.2 Å².